The van der Waals surface area contributed by atoms with E-state index >= 15 is 0 Å². The molecule has 2 saturated heterocycles. The molecule has 2 unspecified atom stereocenters. The van der Waals surface area contributed by atoms with E-state index in [2.05, 4.69) is 41.8 Å². The second-order valence-corrected chi connectivity index (χ2v) is 40.6. The van der Waals surface area contributed by atoms with Crippen LogP contribution in [-0.4, -0.2) is 221 Å². The number of rotatable bonds is 31. The number of benzene rings is 4. The number of nitro benzene ring substituents is 2. The molecule has 2 fully saturated rings. The first-order chi connectivity index (χ1) is 63.1. The van der Waals surface area contributed by atoms with Gasteiger partial charge in [0, 0.05) is 50.2 Å². The van der Waals surface area contributed by atoms with Gasteiger partial charge < -0.3 is 69.4 Å². The van der Waals surface area contributed by atoms with E-state index in [4.69, 9.17) is 108 Å². The lowest BCUT2D eigenvalue weighted by Gasteiger charge is -2.35. The number of alkyl halides is 6. The van der Waals surface area contributed by atoms with Crippen molar-refractivity contribution < 1.29 is 115 Å². The summed E-state index contributed by atoms with van der Waals surface area (Å²) >= 11 is 33.7. The summed E-state index contributed by atoms with van der Waals surface area (Å²) in [5, 5.41) is 56.2. The Morgan fingerprint density at radius 2 is 0.912 bits per heavy atom. The van der Waals surface area contributed by atoms with Crippen LogP contribution in [0.5, 0.6) is 0 Å². The van der Waals surface area contributed by atoms with Crippen molar-refractivity contribution in [2.75, 3.05) is 53.7 Å². The van der Waals surface area contributed by atoms with Gasteiger partial charge in [-0.1, -0.05) is 182 Å². The molecule has 44 heteroatoms. The minimum atomic E-state index is -1.79. The molecule has 0 aliphatic carbocycles. The molecule has 0 spiro atoms. The number of amides is 6. The molecule has 8 atom stereocenters. The number of aliphatic hydroxyl groups is 1. The van der Waals surface area contributed by atoms with Gasteiger partial charge in [-0.05, 0) is 181 Å². The van der Waals surface area contributed by atoms with Gasteiger partial charge in [0.15, 0.2) is 6.10 Å². The zero-order chi connectivity index (χ0) is 103. The second-order valence-electron chi connectivity index (χ2n) is 35.5. The van der Waals surface area contributed by atoms with Gasteiger partial charge in [0.05, 0.1) is 68.4 Å². The summed E-state index contributed by atoms with van der Waals surface area (Å²) in [5.74, 6) is -8.62. The molecule has 0 bridgehead atoms. The SMILES string of the molecule is COCC(NC(=O)[C@@H](O)C(C)C)C(=O)N1CCC[C@@H](C(=O)OCC(Cl)(Cl)Cl)N1.COCC(NC(=O)[C@@H](OC(=O)C(C)(C)/C=C/c1ccc2ccc([C@@H](C)NC(=O)OC(C)(C)C)nc2c1)C(C)C)C(=O)N1CCC[C@@H](C(=O)OCC(Cl)(Cl)Cl)N1.C[C@@H](NC(=O)OC(C)(C)C)c1ccc2ccc(/C=C/C(C)(C)C(=O)O)cc2n1.Cc1cccc([N+](=O)[O-])c1C(=O)OC(=O)c1c(C)cccc1[N+](=O)[O-]. The van der Waals surface area contributed by atoms with E-state index in [-0.39, 0.29) is 54.0 Å². The summed E-state index contributed by atoms with van der Waals surface area (Å²) in [5.41, 5.74) is 5.40. The van der Waals surface area contributed by atoms with E-state index in [1.165, 1.54) is 62.4 Å². The summed E-state index contributed by atoms with van der Waals surface area (Å²) in [4.78, 5) is 180. The van der Waals surface area contributed by atoms with E-state index in [1.807, 2.05) is 95.3 Å². The van der Waals surface area contributed by atoms with E-state index in [0.717, 1.165) is 39.5 Å². The molecule has 2 aliphatic heterocycles. The Bertz CT molecular complexity index is 5270. The Balaban J connectivity index is 0.000000342. The number of hydrazine groups is 2. The molecule has 744 valence electrons. The molecule has 8 N–H and O–H groups in total. The fourth-order valence-corrected chi connectivity index (χ4v) is 12.9. The normalized spacial score (nSPS) is 15.6. The molecule has 8 rings (SSSR count). The lowest BCUT2D eigenvalue weighted by molar-refractivity contribution is -0.385. The van der Waals surface area contributed by atoms with Gasteiger partial charge in [-0.25, -0.2) is 30.0 Å². The number of carbonyl (C=O) groups is 12. The molecule has 4 aromatic carbocycles. The highest BCUT2D eigenvalue weighted by molar-refractivity contribution is 6.68. The maximum absolute atomic E-state index is 13.6. The summed E-state index contributed by atoms with van der Waals surface area (Å²) in [6.45, 7) is 30.1. The molecule has 6 amide bonds. The summed E-state index contributed by atoms with van der Waals surface area (Å²) in [6, 6.07) is 22.2. The maximum atomic E-state index is 13.6. The van der Waals surface area contributed by atoms with Crippen molar-refractivity contribution in [1.82, 2.24) is 52.1 Å². The Labute approximate surface area is 817 Å². The third-order valence-electron chi connectivity index (χ3n) is 19.9. The Kier molecular flexibility index (Phi) is 43.6. The van der Waals surface area contributed by atoms with E-state index in [9.17, 15) is 88.0 Å². The number of nitrogens with one attached hydrogen (secondary N) is 6. The van der Waals surface area contributed by atoms with Crippen molar-refractivity contribution in [2.24, 2.45) is 22.7 Å². The maximum Gasteiger partial charge on any atom is 0.408 e. The molecular formula is C92H118Cl6N12O26. The van der Waals surface area contributed by atoms with E-state index < -0.39 is 184 Å². The Morgan fingerprint density at radius 1 is 0.537 bits per heavy atom. The van der Waals surface area contributed by atoms with E-state index in [1.54, 1.807) is 100 Å². The van der Waals surface area contributed by atoms with Crippen LogP contribution in [0.15, 0.2) is 109 Å². The number of aliphatic carboxylic acids is 1. The molecule has 2 aliphatic rings. The quantitative estimate of drug-likeness (QED) is 0.00500. The van der Waals surface area contributed by atoms with Gasteiger partial charge >= 0.3 is 48.0 Å². The van der Waals surface area contributed by atoms with E-state index in [0.29, 0.717) is 49.1 Å². The van der Waals surface area contributed by atoms with Crippen molar-refractivity contribution in [1.29, 1.82) is 0 Å². The largest absolute Gasteiger partial charge is 0.481 e. The minimum Gasteiger partial charge on any atom is -0.481 e. The van der Waals surface area contributed by atoms with Gasteiger partial charge in [-0.3, -0.25) is 78.6 Å². The number of fused-ring (bicyclic) bond motifs is 2. The number of hydrogen-bond donors (Lipinski definition) is 8. The van der Waals surface area contributed by atoms with Crippen LogP contribution in [0.4, 0.5) is 21.0 Å². The number of pyridine rings is 2. The molecule has 0 radical (unpaired) electrons. The molecule has 136 heavy (non-hydrogen) atoms. The van der Waals surface area contributed by atoms with Crippen LogP contribution >= 0.6 is 69.6 Å². The molecule has 0 saturated carbocycles. The number of ether oxygens (including phenoxy) is 8. The first-order valence-electron chi connectivity index (χ1n) is 42.8. The highest BCUT2D eigenvalue weighted by Crippen LogP contribution is 2.33. The number of nitro groups is 2. The number of esters is 5. The Hall–Kier alpha value is -11.0. The lowest BCUT2D eigenvalue weighted by atomic mass is 9.92. The third kappa shape index (κ3) is 37.5. The van der Waals surface area contributed by atoms with Crippen LogP contribution in [0.2, 0.25) is 0 Å². The molecule has 38 nitrogen and oxygen atoms in total. The number of hydrogen-bond acceptors (Lipinski definition) is 29. The van der Waals surface area contributed by atoms with Crippen LogP contribution in [0.3, 0.4) is 0 Å². The van der Waals surface area contributed by atoms with Crippen LogP contribution in [-0.2, 0) is 76.3 Å². The summed E-state index contributed by atoms with van der Waals surface area (Å²) in [6.07, 6.45) is 5.12. The first kappa shape index (κ1) is 115. The topological polar surface area (TPSA) is 510 Å². The monoisotopic (exact) mass is 2020 g/mol. The number of halogens is 6. The Morgan fingerprint density at radius 3 is 1.26 bits per heavy atom. The predicted molar refractivity (Wildman–Crippen MR) is 509 cm³/mol. The van der Waals surface area contributed by atoms with Crippen molar-refractivity contribution in [3.05, 3.63) is 174 Å². The molecule has 2 aromatic heterocycles. The number of nitrogens with zero attached hydrogens (tertiary/aromatic N) is 6. The highest BCUT2D eigenvalue weighted by Gasteiger charge is 2.41. The molecule has 6 aromatic rings. The van der Waals surface area contributed by atoms with Crippen molar-refractivity contribution in [3.8, 4) is 0 Å². The molecular weight excluding hydrogens is 1900 g/mol. The molecule has 4 heterocycles. The zero-order valence-corrected chi connectivity index (χ0v) is 83.6. The van der Waals surface area contributed by atoms with Gasteiger partial charge in [0.1, 0.15) is 65.8 Å². The van der Waals surface area contributed by atoms with Crippen molar-refractivity contribution in [2.45, 2.75) is 218 Å². The number of aryl methyl sites for hydroxylation is 2. The van der Waals surface area contributed by atoms with Crippen molar-refractivity contribution >= 4 is 187 Å². The third-order valence-corrected chi connectivity index (χ3v) is 20.6. The van der Waals surface area contributed by atoms with Gasteiger partial charge in [-0.2, -0.15) is 0 Å². The fourth-order valence-electron chi connectivity index (χ4n) is 12.6. The average Bonchev–Trinajstić information content (AvgIpc) is 0.841. The highest BCUT2D eigenvalue weighted by atomic mass is 35.6. The minimum absolute atomic E-state index is 0.101. The number of alkyl carbamates (subject to hydrolysis) is 2. The van der Waals surface area contributed by atoms with Crippen LogP contribution in [0, 0.1) is 56.7 Å². The number of carboxylic acid groups (broad SMARTS) is 1. The van der Waals surface area contributed by atoms with Crippen molar-refractivity contribution in [3.63, 3.8) is 0 Å². The number of methoxy groups -OCH3 is 2. The smallest absolute Gasteiger partial charge is 0.408 e. The summed E-state index contributed by atoms with van der Waals surface area (Å²) < 4.78 is 37.8. The number of aliphatic hydroxyl groups excluding tert-OH is 1. The number of carboxylic acids is 1. The fraction of sp³-hybridized carbons (Fsp3) is 0.500. The summed E-state index contributed by atoms with van der Waals surface area (Å²) in [7, 11) is 2.75. The van der Waals surface area contributed by atoms with Gasteiger partial charge in [0.25, 0.3) is 29.1 Å². The van der Waals surface area contributed by atoms with Crippen LogP contribution in [0.1, 0.15) is 203 Å². The second kappa shape index (κ2) is 51.4. The zero-order valence-electron chi connectivity index (χ0n) is 79.0. The van der Waals surface area contributed by atoms with Crippen LogP contribution < -0.4 is 32.1 Å². The van der Waals surface area contributed by atoms with Crippen LogP contribution in [0.25, 0.3) is 34.0 Å². The predicted octanol–water partition coefficient (Wildman–Crippen LogP) is 14.6. The number of carbonyl (C=O) groups excluding carboxylic acids is 11. The van der Waals surface area contributed by atoms with Gasteiger partial charge in [-0.15, -0.1) is 0 Å². The average molecular weight is 2020 g/mol. The number of aromatic nitrogens is 2. The standard InChI is InChI=1S/C38H52Cl3N5O9.C22H28N2O4.C16H26Cl3N3O6.C16H12N2O7/c1-22(2)30(31(47)44-29(20-52-9)32(48)46-18-10-11-27(45-46)33(49)53-21-38(39,40)41)54-34(50)37(7,8)17-16-24-12-13-25-14-15-26(43-28(25)19-24)23(3)42-35(51)55-36(4,5)6;1-14(23-20(27)28-21(2,3)4)17-10-9-16-8-7-15(13-18(16)24-17)11-12-22(5,6)19(25)26;1-9(2)12(23)13(24)20-11(7-27-3)14(25)22-6-4-5-10(21-22)15(26)28-8-16(17,18)19;1-9-5-3-7-11(17(21)22)13(9)15(19)25-16(20)14-10(2)6-4-8-12(14)18(23)24/h12-17,19,22-23,27,29-30,45H,10-11,18,20-21H2,1-9H3,(H,42,51)(H,44,47);7-14H,1-6H3,(H,23,27)(H,25,26);9-12,21,23H,4-8H2,1-3H3,(H,20,24);3-8H,1-2H3/b17-16+;12-11+;;/t23-,27+,29?,30+;14-;10-,11?,12-;/m110./s1. The van der Waals surface area contributed by atoms with Gasteiger partial charge in [0.2, 0.25) is 13.5 Å². The first-order valence-corrected chi connectivity index (χ1v) is 45.1. The lowest BCUT2D eigenvalue weighted by Crippen LogP contribution is -2.61.